The second kappa shape index (κ2) is 5.98. The molecule has 0 bridgehead atoms. The van der Waals surface area contributed by atoms with Gasteiger partial charge in [0.05, 0.1) is 4.92 Å². The third-order valence-corrected chi connectivity index (χ3v) is 2.95. The molecule has 0 aliphatic carbocycles. The van der Waals surface area contributed by atoms with Crippen LogP contribution in [-0.2, 0) is 0 Å². The summed E-state index contributed by atoms with van der Waals surface area (Å²) in [4.78, 5) is 10.7. The number of para-hydroxylation sites is 1. The largest absolute Gasteiger partial charge is 0.450 e. The van der Waals surface area contributed by atoms with Crippen LogP contribution in [0.1, 0.15) is 0 Å². The molecule has 0 saturated heterocycles. The van der Waals surface area contributed by atoms with Crippen LogP contribution in [0, 0.1) is 10.1 Å². The Bertz CT molecular complexity index is 642. The third kappa shape index (κ3) is 3.12. The highest BCUT2D eigenvalue weighted by atomic mass is 35.5. The Morgan fingerprint density at radius 2 is 1.85 bits per heavy atom. The van der Waals surface area contributed by atoms with Crippen molar-refractivity contribution in [1.29, 1.82) is 0 Å². The zero-order valence-electron chi connectivity index (χ0n) is 10.4. The fraction of sp³-hybridized carbons (Fsp3) is 0.0769. The summed E-state index contributed by atoms with van der Waals surface area (Å²) in [5.41, 5.74) is 0.215. The van der Waals surface area contributed by atoms with Gasteiger partial charge in [0.25, 0.3) is 0 Å². The number of nitrogens with one attached hydrogen (secondary N) is 1. The molecule has 0 spiro atoms. The summed E-state index contributed by atoms with van der Waals surface area (Å²) in [5.74, 6) is 0.444. The van der Waals surface area contributed by atoms with E-state index in [0.29, 0.717) is 21.5 Å². The van der Waals surface area contributed by atoms with E-state index in [0.717, 1.165) is 0 Å². The van der Waals surface area contributed by atoms with Crippen LogP contribution in [0.15, 0.2) is 36.4 Å². The standard InChI is InChI=1S/C13H10Cl2N2O3/c1-16-11-3-2-4-12(13(11)17(18)19)20-10-6-8(14)5-9(15)7-10/h2-7,16H,1H3. The van der Waals surface area contributed by atoms with E-state index < -0.39 is 4.92 Å². The van der Waals surface area contributed by atoms with E-state index in [4.69, 9.17) is 27.9 Å². The number of benzene rings is 2. The lowest BCUT2D eigenvalue weighted by atomic mass is 10.2. The van der Waals surface area contributed by atoms with Crippen LogP contribution in [0.5, 0.6) is 11.5 Å². The van der Waals surface area contributed by atoms with Gasteiger partial charge in [-0.05, 0) is 30.3 Å². The monoisotopic (exact) mass is 312 g/mol. The van der Waals surface area contributed by atoms with Gasteiger partial charge in [-0.3, -0.25) is 10.1 Å². The molecule has 0 heterocycles. The lowest BCUT2D eigenvalue weighted by molar-refractivity contribution is -0.384. The average molecular weight is 313 g/mol. The molecule has 2 aromatic carbocycles. The summed E-state index contributed by atoms with van der Waals surface area (Å²) in [6.45, 7) is 0. The van der Waals surface area contributed by atoms with Crippen molar-refractivity contribution in [1.82, 2.24) is 0 Å². The Hall–Kier alpha value is -1.98. The zero-order valence-corrected chi connectivity index (χ0v) is 11.9. The second-order valence-corrected chi connectivity index (χ2v) is 4.74. The number of halogens is 2. The van der Waals surface area contributed by atoms with E-state index in [9.17, 15) is 10.1 Å². The predicted octanol–water partition coefficient (Wildman–Crippen LogP) is 4.74. The Morgan fingerprint density at radius 3 is 2.40 bits per heavy atom. The van der Waals surface area contributed by atoms with Crippen molar-refractivity contribution < 1.29 is 9.66 Å². The normalized spacial score (nSPS) is 10.2. The molecule has 0 unspecified atom stereocenters. The number of nitrogens with zero attached hydrogens (tertiary/aromatic N) is 1. The number of ether oxygens (including phenoxy) is 1. The van der Waals surface area contributed by atoms with Crippen molar-refractivity contribution in [3.05, 3.63) is 56.6 Å². The molecule has 2 rings (SSSR count). The van der Waals surface area contributed by atoms with Crippen molar-refractivity contribution >= 4 is 34.6 Å². The molecule has 0 amide bonds. The Labute approximate surface area is 125 Å². The molecule has 1 N–H and O–H groups in total. The van der Waals surface area contributed by atoms with Gasteiger partial charge in [0, 0.05) is 17.1 Å². The van der Waals surface area contributed by atoms with E-state index in [1.807, 2.05) is 0 Å². The van der Waals surface area contributed by atoms with Gasteiger partial charge in [0.1, 0.15) is 11.4 Å². The molecule has 0 saturated carbocycles. The van der Waals surface area contributed by atoms with Gasteiger partial charge in [0.2, 0.25) is 5.75 Å². The van der Waals surface area contributed by atoms with Gasteiger partial charge in [-0.1, -0.05) is 29.3 Å². The first-order valence-electron chi connectivity index (χ1n) is 5.60. The topological polar surface area (TPSA) is 64.4 Å². The van der Waals surface area contributed by atoms with Crippen LogP contribution < -0.4 is 10.1 Å². The van der Waals surface area contributed by atoms with Crippen molar-refractivity contribution in [3.8, 4) is 11.5 Å². The lowest BCUT2D eigenvalue weighted by Crippen LogP contribution is -1.99. The number of hydrogen-bond donors (Lipinski definition) is 1. The fourth-order valence-electron chi connectivity index (χ4n) is 1.71. The summed E-state index contributed by atoms with van der Waals surface area (Å²) in [6.07, 6.45) is 0. The minimum Gasteiger partial charge on any atom is -0.450 e. The number of nitro groups is 1. The summed E-state index contributed by atoms with van der Waals surface area (Å²) < 4.78 is 5.52. The highest BCUT2D eigenvalue weighted by Crippen LogP contribution is 2.38. The number of anilines is 1. The maximum absolute atomic E-state index is 11.2. The summed E-state index contributed by atoms with van der Waals surface area (Å²) in [5, 5.41) is 14.7. The molecule has 0 aromatic heterocycles. The maximum atomic E-state index is 11.2. The van der Waals surface area contributed by atoms with Gasteiger partial charge < -0.3 is 10.1 Å². The van der Waals surface area contributed by atoms with Crippen LogP contribution in [0.25, 0.3) is 0 Å². The highest BCUT2D eigenvalue weighted by Gasteiger charge is 2.21. The first kappa shape index (κ1) is 14.4. The molecular formula is C13H10Cl2N2O3. The van der Waals surface area contributed by atoms with E-state index in [1.165, 1.54) is 18.2 Å². The molecule has 0 fully saturated rings. The van der Waals surface area contributed by atoms with E-state index in [-0.39, 0.29) is 11.4 Å². The fourth-order valence-corrected chi connectivity index (χ4v) is 2.22. The van der Waals surface area contributed by atoms with Gasteiger partial charge >= 0.3 is 5.69 Å². The molecule has 2 aromatic rings. The van der Waals surface area contributed by atoms with Crippen LogP contribution in [0.4, 0.5) is 11.4 Å². The maximum Gasteiger partial charge on any atom is 0.334 e. The number of hydrogen-bond acceptors (Lipinski definition) is 4. The smallest absolute Gasteiger partial charge is 0.334 e. The Balaban J connectivity index is 2.45. The molecule has 0 aliphatic heterocycles. The van der Waals surface area contributed by atoms with Gasteiger partial charge in [-0.15, -0.1) is 0 Å². The van der Waals surface area contributed by atoms with Crippen LogP contribution in [0.3, 0.4) is 0 Å². The molecule has 0 aliphatic rings. The minimum atomic E-state index is -0.507. The molecule has 20 heavy (non-hydrogen) atoms. The molecule has 5 nitrogen and oxygen atoms in total. The van der Waals surface area contributed by atoms with E-state index >= 15 is 0 Å². The SMILES string of the molecule is CNc1cccc(Oc2cc(Cl)cc(Cl)c2)c1[N+](=O)[O-]. The van der Waals surface area contributed by atoms with Crippen molar-refractivity contribution in [2.24, 2.45) is 0 Å². The van der Waals surface area contributed by atoms with Crippen molar-refractivity contribution in [2.75, 3.05) is 12.4 Å². The van der Waals surface area contributed by atoms with Crippen LogP contribution in [-0.4, -0.2) is 12.0 Å². The Kier molecular flexibility index (Phi) is 4.32. The van der Waals surface area contributed by atoms with Gasteiger partial charge in [-0.25, -0.2) is 0 Å². The third-order valence-electron chi connectivity index (χ3n) is 2.51. The van der Waals surface area contributed by atoms with E-state index in [1.54, 1.807) is 25.2 Å². The van der Waals surface area contributed by atoms with Crippen molar-refractivity contribution in [3.63, 3.8) is 0 Å². The molecule has 7 heteroatoms. The lowest BCUT2D eigenvalue weighted by Gasteiger charge is -2.09. The zero-order chi connectivity index (χ0) is 14.7. The van der Waals surface area contributed by atoms with Gasteiger partial charge in [-0.2, -0.15) is 0 Å². The number of rotatable bonds is 4. The molecular weight excluding hydrogens is 303 g/mol. The second-order valence-electron chi connectivity index (χ2n) is 3.87. The quantitative estimate of drug-likeness (QED) is 0.654. The Morgan fingerprint density at radius 1 is 1.20 bits per heavy atom. The van der Waals surface area contributed by atoms with Crippen LogP contribution in [0.2, 0.25) is 10.0 Å². The van der Waals surface area contributed by atoms with Crippen LogP contribution >= 0.6 is 23.2 Å². The average Bonchev–Trinajstić information content (AvgIpc) is 2.36. The van der Waals surface area contributed by atoms with E-state index in [2.05, 4.69) is 5.32 Å². The first-order valence-corrected chi connectivity index (χ1v) is 6.36. The molecule has 104 valence electrons. The minimum absolute atomic E-state index is 0.111. The summed E-state index contributed by atoms with van der Waals surface area (Å²) in [7, 11) is 1.60. The number of nitro benzene ring substituents is 1. The predicted molar refractivity (Wildman–Crippen MR) is 79.2 cm³/mol. The molecule has 0 radical (unpaired) electrons. The summed E-state index contributed by atoms with van der Waals surface area (Å²) >= 11 is 11.7. The van der Waals surface area contributed by atoms with Crippen molar-refractivity contribution in [2.45, 2.75) is 0 Å². The van der Waals surface area contributed by atoms with Gasteiger partial charge in [0.15, 0.2) is 0 Å². The first-order chi connectivity index (χ1) is 9.51. The summed E-state index contributed by atoms with van der Waals surface area (Å²) in [6, 6.07) is 9.37. The highest BCUT2D eigenvalue weighted by molar-refractivity contribution is 6.34. The molecule has 0 atom stereocenters.